The largest absolute Gasteiger partial charge is 0.294 e. The number of carbonyl (C=O) groups excluding carboxylic acids is 1. The molecule has 1 aliphatic rings. The fraction of sp³-hybridized carbons (Fsp3) is 0.615. The van der Waals surface area contributed by atoms with E-state index in [9.17, 15) is 4.79 Å². The van der Waals surface area contributed by atoms with Gasteiger partial charge in [0, 0.05) is 12.0 Å². The molecule has 0 atom stereocenters. The average molecular weight is 222 g/mol. The second kappa shape index (κ2) is 4.48. The standard InChI is InChI=1S/C13H22OSi/c1-10(11(2)15(3,4)5)12-8-6-7-9-13(12)14/h8H,6-7,9H2,1-5H3/b11-10+. The molecule has 1 nitrogen and oxygen atoms in total. The number of Topliss-reactive ketones (excluding diaryl/α,β-unsaturated/α-hetero) is 1. The molecule has 0 bridgehead atoms. The van der Waals surface area contributed by atoms with E-state index >= 15 is 0 Å². The van der Waals surface area contributed by atoms with E-state index in [4.69, 9.17) is 0 Å². The zero-order valence-corrected chi connectivity index (χ0v) is 11.6. The summed E-state index contributed by atoms with van der Waals surface area (Å²) in [5.74, 6) is 0.344. The molecule has 0 heterocycles. The minimum atomic E-state index is -1.25. The van der Waals surface area contributed by atoms with Gasteiger partial charge in [0.05, 0.1) is 8.07 Å². The Morgan fingerprint density at radius 2 is 1.87 bits per heavy atom. The lowest BCUT2D eigenvalue weighted by Crippen LogP contribution is -2.24. The summed E-state index contributed by atoms with van der Waals surface area (Å²) in [5, 5.41) is 1.46. The number of ketones is 1. The van der Waals surface area contributed by atoms with Crippen LogP contribution in [0.3, 0.4) is 0 Å². The maximum Gasteiger partial charge on any atom is 0.162 e. The van der Waals surface area contributed by atoms with Gasteiger partial charge in [-0.3, -0.25) is 4.79 Å². The van der Waals surface area contributed by atoms with Crippen LogP contribution in [0.1, 0.15) is 33.1 Å². The van der Waals surface area contributed by atoms with Crippen molar-refractivity contribution in [2.75, 3.05) is 0 Å². The fourth-order valence-electron chi connectivity index (χ4n) is 1.88. The van der Waals surface area contributed by atoms with Crippen molar-refractivity contribution in [3.05, 3.63) is 22.4 Å². The summed E-state index contributed by atoms with van der Waals surface area (Å²) in [6.07, 6.45) is 4.96. The lowest BCUT2D eigenvalue weighted by atomic mass is 9.93. The third-order valence-electron chi connectivity index (χ3n) is 3.35. The molecule has 0 aromatic heterocycles. The molecule has 0 aromatic carbocycles. The van der Waals surface area contributed by atoms with Crippen LogP contribution in [0.2, 0.25) is 19.6 Å². The topological polar surface area (TPSA) is 17.1 Å². The van der Waals surface area contributed by atoms with Crippen molar-refractivity contribution in [2.24, 2.45) is 0 Å². The Kier molecular flexibility index (Phi) is 3.71. The monoisotopic (exact) mass is 222 g/mol. The predicted octanol–water partition coefficient (Wildman–Crippen LogP) is 3.88. The fourth-order valence-corrected chi connectivity index (χ4v) is 3.14. The first-order valence-corrected chi connectivity index (χ1v) is 9.25. The number of hydrogen-bond acceptors (Lipinski definition) is 1. The molecule has 1 rings (SSSR count). The number of carbonyl (C=O) groups is 1. The van der Waals surface area contributed by atoms with Gasteiger partial charge >= 0.3 is 0 Å². The van der Waals surface area contributed by atoms with Gasteiger partial charge in [-0.05, 0) is 32.3 Å². The van der Waals surface area contributed by atoms with Crippen LogP contribution in [0.5, 0.6) is 0 Å². The van der Waals surface area contributed by atoms with Crippen molar-refractivity contribution in [2.45, 2.75) is 52.8 Å². The van der Waals surface area contributed by atoms with Crippen molar-refractivity contribution < 1.29 is 4.79 Å². The third kappa shape index (κ3) is 2.91. The predicted molar refractivity (Wildman–Crippen MR) is 68.7 cm³/mol. The minimum Gasteiger partial charge on any atom is -0.294 e. The molecule has 0 saturated carbocycles. The lowest BCUT2D eigenvalue weighted by molar-refractivity contribution is -0.115. The Balaban J connectivity index is 3.07. The highest BCUT2D eigenvalue weighted by molar-refractivity contribution is 6.83. The van der Waals surface area contributed by atoms with Crippen LogP contribution < -0.4 is 0 Å². The van der Waals surface area contributed by atoms with E-state index in [1.165, 1.54) is 10.8 Å². The molecule has 15 heavy (non-hydrogen) atoms. The summed E-state index contributed by atoms with van der Waals surface area (Å²) in [4.78, 5) is 11.8. The van der Waals surface area contributed by atoms with Crippen LogP contribution in [-0.2, 0) is 4.79 Å². The van der Waals surface area contributed by atoms with Crippen molar-refractivity contribution in [3.8, 4) is 0 Å². The normalized spacial score (nSPS) is 19.8. The van der Waals surface area contributed by atoms with Crippen LogP contribution in [0.4, 0.5) is 0 Å². The molecule has 0 radical (unpaired) electrons. The molecule has 0 aromatic rings. The van der Waals surface area contributed by atoms with Gasteiger partial charge < -0.3 is 0 Å². The van der Waals surface area contributed by atoms with Crippen molar-refractivity contribution >= 4 is 13.9 Å². The Hall–Kier alpha value is -0.633. The van der Waals surface area contributed by atoms with E-state index in [2.05, 4.69) is 39.6 Å². The first kappa shape index (κ1) is 12.4. The summed E-state index contributed by atoms with van der Waals surface area (Å²) in [6.45, 7) is 11.3. The quantitative estimate of drug-likeness (QED) is 0.648. The molecule has 0 saturated heterocycles. The summed E-state index contributed by atoms with van der Waals surface area (Å²) in [5.41, 5.74) is 2.25. The minimum absolute atomic E-state index is 0.344. The van der Waals surface area contributed by atoms with E-state index in [-0.39, 0.29) is 0 Å². The second-order valence-electron chi connectivity index (χ2n) is 5.43. The van der Waals surface area contributed by atoms with Crippen LogP contribution >= 0.6 is 0 Å². The first-order chi connectivity index (χ1) is 6.84. The van der Waals surface area contributed by atoms with Crippen molar-refractivity contribution in [1.82, 2.24) is 0 Å². The highest BCUT2D eigenvalue weighted by Gasteiger charge is 2.22. The highest BCUT2D eigenvalue weighted by Crippen LogP contribution is 2.27. The van der Waals surface area contributed by atoms with Crippen LogP contribution in [0, 0.1) is 0 Å². The Labute approximate surface area is 94.3 Å². The zero-order valence-electron chi connectivity index (χ0n) is 10.6. The second-order valence-corrected chi connectivity index (χ2v) is 10.7. The molecular formula is C13H22OSi. The van der Waals surface area contributed by atoms with E-state index in [1.807, 2.05) is 0 Å². The van der Waals surface area contributed by atoms with E-state index in [1.54, 1.807) is 0 Å². The van der Waals surface area contributed by atoms with Gasteiger partial charge in [-0.25, -0.2) is 0 Å². The number of hydrogen-bond donors (Lipinski definition) is 0. The van der Waals surface area contributed by atoms with E-state index in [0.29, 0.717) is 5.78 Å². The van der Waals surface area contributed by atoms with Gasteiger partial charge in [-0.1, -0.05) is 30.9 Å². The molecule has 0 fully saturated rings. The van der Waals surface area contributed by atoms with Gasteiger partial charge in [-0.15, -0.1) is 0 Å². The zero-order chi connectivity index (χ0) is 11.6. The van der Waals surface area contributed by atoms with Gasteiger partial charge in [-0.2, -0.15) is 0 Å². The highest BCUT2D eigenvalue weighted by atomic mass is 28.3. The van der Waals surface area contributed by atoms with Crippen LogP contribution in [-0.4, -0.2) is 13.9 Å². The smallest absolute Gasteiger partial charge is 0.162 e. The molecule has 0 amide bonds. The Bertz CT molecular complexity index is 329. The number of rotatable bonds is 2. The molecule has 84 valence electrons. The van der Waals surface area contributed by atoms with Crippen molar-refractivity contribution in [1.29, 1.82) is 0 Å². The summed E-state index contributed by atoms with van der Waals surface area (Å²) in [6, 6.07) is 0. The third-order valence-corrected chi connectivity index (χ3v) is 5.97. The summed E-state index contributed by atoms with van der Waals surface area (Å²) in [7, 11) is -1.25. The van der Waals surface area contributed by atoms with Gasteiger partial charge in [0.25, 0.3) is 0 Å². The molecule has 0 unspecified atom stereocenters. The van der Waals surface area contributed by atoms with E-state index in [0.717, 1.165) is 24.8 Å². The Morgan fingerprint density at radius 1 is 1.27 bits per heavy atom. The molecular weight excluding hydrogens is 200 g/mol. The van der Waals surface area contributed by atoms with Crippen LogP contribution in [0.15, 0.2) is 22.4 Å². The molecule has 0 N–H and O–H groups in total. The van der Waals surface area contributed by atoms with Gasteiger partial charge in [0.1, 0.15) is 0 Å². The van der Waals surface area contributed by atoms with Gasteiger partial charge in [0.2, 0.25) is 0 Å². The average Bonchev–Trinajstić information content (AvgIpc) is 2.15. The maximum atomic E-state index is 11.8. The number of allylic oxidation sites excluding steroid dienone is 4. The lowest BCUT2D eigenvalue weighted by Gasteiger charge is -2.22. The van der Waals surface area contributed by atoms with E-state index < -0.39 is 8.07 Å². The van der Waals surface area contributed by atoms with Gasteiger partial charge in [0.15, 0.2) is 5.78 Å². The maximum absolute atomic E-state index is 11.8. The molecule has 0 aliphatic heterocycles. The van der Waals surface area contributed by atoms with Crippen molar-refractivity contribution in [3.63, 3.8) is 0 Å². The molecule has 2 heteroatoms. The SMILES string of the molecule is C/C(C1=CCCCC1=O)=C(/C)[Si](C)(C)C. The first-order valence-electron chi connectivity index (χ1n) is 5.75. The Morgan fingerprint density at radius 3 is 2.33 bits per heavy atom. The molecule has 0 spiro atoms. The molecule has 1 aliphatic carbocycles. The summed E-state index contributed by atoms with van der Waals surface area (Å²) < 4.78 is 0. The summed E-state index contributed by atoms with van der Waals surface area (Å²) >= 11 is 0. The van der Waals surface area contributed by atoms with Crippen LogP contribution in [0.25, 0.3) is 0 Å².